The Labute approximate surface area is 131 Å². The molecule has 0 heterocycles. The first kappa shape index (κ1) is 22.6. The summed E-state index contributed by atoms with van der Waals surface area (Å²) in [4.78, 5) is 34.1. The molecule has 0 aromatic heterocycles. The molecule has 0 unspecified atom stereocenters. The summed E-state index contributed by atoms with van der Waals surface area (Å²) in [7, 11) is 0. The zero-order valence-electron chi connectivity index (χ0n) is 13.7. The maximum absolute atomic E-state index is 11.5. The van der Waals surface area contributed by atoms with E-state index in [1.54, 1.807) is 0 Å². The normalized spacial score (nSPS) is 9.82. The van der Waals surface area contributed by atoms with Gasteiger partial charge in [-0.2, -0.15) is 0 Å². The van der Waals surface area contributed by atoms with E-state index in [9.17, 15) is 14.4 Å². The van der Waals surface area contributed by atoms with Crippen LogP contribution in [-0.4, -0.2) is 42.7 Å². The number of rotatable bonds is 11. The van der Waals surface area contributed by atoms with E-state index in [0.29, 0.717) is 32.1 Å². The number of ether oxygens (including phenoxy) is 3. The molecule has 0 atom stereocenters. The van der Waals surface area contributed by atoms with Crippen molar-refractivity contribution in [2.75, 3.05) is 13.2 Å². The van der Waals surface area contributed by atoms with E-state index in [0.717, 1.165) is 0 Å². The fourth-order valence-corrected chi connectivity index (χ4v) is 1.49. The Morgan fingerprint density at radius 1 is 0.727 bits per heavy atom. The van der Waals surface area contributed by atoms with Crippen molar-refractivity contribution in [1.82, 2.24) is 0 Å². The van der Waals surface area contributed by atoms with Gasteiger partial charge in [0, 0.05) is 19.3 Å². The van der Waals surface area contributed by atoms with E-state index < -0.39 is 6.10 Å². The average molecular weight is 320 g/mol. The molecule has 0 aliphatic heterocycles. The second-order valence-corrected chi connectivity index (χ2v) is 4.73. The van der Waals surface area contributed by atoms with E-state index in [-0.39, 0.29) is 43.0 Å². The van der Waals surface area contributed by atoms with Gasteiger partial charge in [0.15, 0.2) is 6.10 Å². The Morgan fingerprint density at radius 2 is 1.09 bits per heavy atom. The second-order valence-electron chi connectivity index (χ2n) is 4.73. The molecule has 0 aromatic rings. The number of carbonyl (C=O) groups excluding carboxylic acids is 3. The van der Waals surface area contributed by atoms with E-state index in [1.165, 1.54) is 0 Å². The number of hydrogen-bond acceptors (Lipinski definition) is 6. The SMILES string of the molecule is CCCC(=O)OCC(COC(=O)CCC)OC(=O)CCC.O. The Kier molecular flexibility index (Phi) is 14.7. The van der Waals surface area contributed by atoms with Crippen LogP contribution >= 0.6 is 0 Å². The molecule has 0 saturated carbocycles. The van der Waals surface area contributed by atoms with Gasteiger partial charge in [-0.15, -0.1) is 0 Å². The van der Waals surface area contributed by atoms with E-state index in [1.807, 2.05) is 20.8 Å². The largest absolute Gasteiger partial charge is 0.462 e. The molecule has 0 saturated heterocycles. The van der Waals surface area contributed by atoms with Gasteiger partial charge in [-0.1, -0.05) is 20.8 Å². The lowest BCUT2D eigenvalue weighted by Crippen LogP contribution is -2.30. The summed E-state index contributed by atoms with van der Waals surface area (Å²) < 4.78 is 15.2. The van der Waals surface area contributed by atoms with Crippen LogP contribution in [0.25, 0.3) is 0 Å². The summed E-state index contributed by atoms with van der Waals surface area (Å²) in [6.45, 7) is 5.42. The van der Waals surface area contributed by atoms with E-state index >= 15 is 0 Å². The molecule has 0 bridgehead atoms. The third-order valence-electron chi connectivity index (χ3n) is 2.52. The van der Waals surface area contributed by atoms with Crippen LogP contribution in [0.15, 0.2) is 0 Å². The summed E-state index contributed by atoms with van der Waals surface area (Å²) >= 11 is 0. The van der Waals surface area contributed by atoms with Gasteiger partial charge in [-0.3, -0.25) is 14.4 Å². The van der Waals surface area contributed by atoms with Crippen molar-refractivity contribution in [2.45, 2.75) is 65.4 Å². The molecule has 0 fully saturated rings. The molecule has 0 amide bonds. The second kappa shape index (κ2) is 14.3. The van der Waals surface area contributed by atoms with Crippen molar-refractivity contribution < 1.29 is 34.1 Å². The average Bonchev–Trinajstić information content (AvgIpc) is 2.42. The van der Waals surface area contributed by atoms with Gasteiger partial charge < -0.3 is 19.7 Å². The van der Waals surface area contributed by atoms with E-state index in [4.69, 9.17) is 14.2 Å². The van der Waals surface area contributed by atoms with Gasteiger partial charge in [0.25, 0.3) is 0 Å². The number of carbonyl (C=O) groups is 3. The van der Waals surface area contributed by atoms with Crippen LogP contribution in [0.3, 0.4) is 0 Å². The monoisotopic (exact) mass is 320 g/mol. The van der Waals surface area contributed by atoms with Crippen molar-refractivity contribution in [2.24, 2.45) is 0 Å². The molecule has 0 aromatic carbocycles. The van der Waals surface area contributed by atoms with Crippen molar-refractivity contribution in [3.05, 3.63) is 0 Å². The van der Waals surface area contributed by atoms with Crippen molar-refractivity contribution in [3.8, 4) is 0 Å². The molecule has 7 nitrogen and oxygen atoms in total. The van der Waals surface area contributed by atoms with Crippen LogP contribution in [0.4, 0.5) is 0 Å². The Hall–Kier alpha value is -1.63. The minimum absolute atomic E-state index is 0. The van der Waals surface area contributed by atoms with Crippen molar-refractivity contribution in [3.63, 3.8) is 0 Å². The molecule has 0 aliphatic carbocycles. The molecular formula is C15H28O7. The zero-order valence-corrected chi connectivity index (χ0v) is 13.7. The first-order chi connectivity index (χ1) is 10.0. The topological polar surface area (TPSA) is 110 Å². The number of hydrogen-bond donors (Lipinski definition) is 0. The van der Waals surface area contributed by atoms with Gasteiger partial charge in [-0.25, -0.2) is 0 Å². The molecule has 7 heteroatoms. The first-order valence-electron chi connectivity index (χ1n) is 7.54. The third kappa shape index (κ3) is 12.1. The molecule has 0 aliphatic rings. The van der Waals surface area contributed by atoms with Crippen LogP contribution in [0.2, 0.25) is 0 Å². The summed E-state index contributed by atoms with van der Waals surface area (Å²) in [5, 5.41) is 0. The maximum Gasteiger partial charge on any atom is 0.306 e. The summed E-state index contributed by atoms with van der Waals surface area (Å²) in [6.07, 6.45) is 2.19. The first-order valence-corrected chi connectivity index (χ1v) is 7.54. The fraction of sp³-hybridized carbons (Fsp3) is 0.800. The van der Waals surface area contributed by atoms with Gasteiger partial charge in [0.1, 0.15) is 13.2 Å². The summed E-state index contributed by atoms with van der Waals surface area (Å²) in [6, 6.07) is 0. The third-order valence-corrected chi connectivity index (χ3v) is 2.52. The predicted molar refractivity (Wildman–Crippen MR) is 80.1 cm³/mol. The summed E-state index contributed by atoms with van der Waals surface area (Å²) in [5.41, 5.74) is 0. The molecule has 22 heavy (non-hydrogen) atoms. The zero-order chi connectivity index (χ0) is 16.1. The van der Waals surface area contributed by atoms with Crippen LogP contribution in [-0.2, 0) is 28.6 Å². The Bertz CT molecular complexity index is 306. The van der Waals surface area contributed by atoms with Gasteiger partial charge in [0.2, 0.25) is 0 Å². The van der Waals surface area contributed by atoms with Crippen molar-refractivity contribution in [1.29, 1.82) is 0 Å². The highest BCUT2D eigenvalue weighted by molar-refractivity contribution is 5.71. The molecule has 0 rings (SSSR count). The Balaban J connectivity index is 0. The highest BCUT2D eigenvalue weighted by atomic mass is 16.6. The quantitative estimate of drug-likeness (QED) is 0.422. The van der Waals surface area contributed by atoms with Gasteiger partial charge in [0.05, 0.1) is 0 Å². The van der Waals surface area contributed by atoms with Crippen LogP contribution < -0.4 is 0 Å². The molecule has 2 N–H and O–H groups in total. The lowest BCUT2D eigenvalue weighted by atomic mass is 10.3. The van der Waals surface area contributed by atoms with Crippen LogP contribution in [0, 0.1) is 0 Å². The highest BCUT2D eigenvalue weighted by Gasteiger charge is 2.18. The molecular weight excluding hydrogens is 292 g/mol. The van der Waals surface area contributed by atoms with E-state index in [2.05, 4.69) is 0 Å². The maximum atomic E-state index is 11.5. The lowest BCUT2D eigenvalue weighted by Gasteiger charge is -2.18. The highest BCUT2D eigenvalue weighted by Crippen LogP contribution is 2.03. The van der Waals surface area contributed by atoms with Crippen LogP contribution in [0.5, 0.6) is 0 Å². The number of esters is 3. The van der Waals surface area contributed by atoms with Crippen molar-refractivity contribution >= 4 is 17.9 Å². The van der Waals surface area contributed by atoms with Gasteiger partial charge >= 0.3 is 17.9 Å². The fourth-order valence-electron chi connectivity index (χ4n) is 1.49. The lowest BCUT2D eigenvalue weighted by molar-refractivity contribution is -0.166. The smallest absolute Gasteiger partial charge is 0.306 e. The minimum Gasteiger partial charge on any atom is -0.462 e. The van der Waals surface area contributed by atoms with Crippen LogP contribution in [0.1, 0.15) is 59.3 Å². The predicted octanol–water partition coefficient (Wildman–Crippen LogP) is 1.56. The molecule has 130 valence electrons. The molecule has 0 spiro atoms. The minimum atomic E-state index is -0.745. The standard InChI is InChI=1S/C15H26O6.H2O/c1-4-7-13(16)19-10-12(21-15(18)9-6-3)11-20-14(17)8-5-2;/h12H,4-11H2,1-3H3;1H2. The van der Waals surface area contributed by atoms with Gasteiger partial charge in [-0.05, 0) is 19.3 Å². The Morgan fingerprint density at radius 3 is 1.45 bits per heavy atom. The summed E-state index contributed by atoms with van der Waals surface area (Å²) in [5.74, 6) is -1.09. The molecule has 0 radical (unpaired) electrons.